The Morgan fingerprint density at radius 2 is 1.57 bits per heavy atom. The van der Waals surface area contributed by atoms with E-state index < -0.39 is 10.1 Å². The van der Waals surface area contributed by atoms with Crippen LogP contribution in [0, 0.1) is 0 Å². The maximum Gasteiger partial charge on any atom is 0.294 e. The fraction of sp³-hybridized carbons (Fsp3) is 0. The van der Waals surface area contributed by atoms with E-state index in [0.29, 0.717) is 0 Å². The van der Waals surface area contributed by atoms with Crippen LogP contribution in [0.4, 0.5) is 0 Å². The second kappa shape index (κ2) is 6.00. The Labute approximate surface area is 104 Å². The number of hydrogen-bond donors (Lipinski definition) is 1. The molecule has 0 aromatic heterocycles. The van der Waals surface area contributed by atoms with Crippen LogP contribution in [0.25, 0.3) is 0 Å². The molecule has 0 atom stereocenters. The second-order valence-electron chi connectivity index (χ2n) is 2.05. The first-order valence-electron chi connectivity index (χ1n) is 2.84. The summed E-state index contributed by atoms with van der Waals surface area (Å²) in [4.78, 5) is -0.267. The zero-order valence-corrected chi connectivity index (χ0v) is 10.4. The van der Waals surface area contributed by atoms with Crippen LogP contribution >= 0.6 is 48.0 Å². The van der Waals surface area contributed by atoms with Crippen LogP contribution in [-0.2, 0) is 10.1 Å². The van der Waals surface area contributed by atoms with Gasteiger partial charge in [0.25, 0.3) is 10.1 Å². The molecular formula is C6H6Cl4O3S. The first-order chi connectivity index (χ1) is 5.41. The molecule has 0 heterocycles. The Balaban J connectivity index is 0. The number of benzene rings is 1. The van der Waals surface area contributed by atoms with Crippen LogP contribution in [0.3, 0.4) is 0 Å². The summed E-state index contributed by atoms with van der Waals surface area (Å²) in [5, 5.41) is 0.329. The van der Waals surface area contributed by atoms with Crippen molar-refractivity contribution < 1.29 is 13.0 Å². The van der Waals surface area contributed by atoms with Crippen LogP contribution in [0.2, 0.25) is 10.0 Å². The molecule has 0 aliphatic carbocycles. The van der Waals surface area contributed by atoms with Gasteiger partial charge >= 0.3 is 0 Å². The molecule has 0 spiro atoms. The Morgan fingerprint density at radius 3 is 1.93 bits per heavy atom. The van der Waals surface area contributed by atoms with Crippen molar-refractivity contribution in [3.8, 4) is 0 Å². The van der Waals surface area contributed by atoms with E-state index >= 15 is 0 Å². The summed E-state index contributed by atoms with van der Waals surface area (Å²) in [6, 6.07) is 3.55. The smallest absolute Gasteiger partial charge is 0.282 e. The highest BCUT2D eigenvalue weighted by atomic mass is 35.5. The predicted octanol–water partition coefficient (Wildman–Crippen LogP) is 3.08. The van der Waals surface area contributed by atoms with Crippen LogP contribution < -0.4 is 0 Å². The molecule has 0 saturated carbocycles. The van der Waals surface area contributed by atoms with Gasteiger partial charge in [0.2, 0.25) is 0 Å². The van der Waals surface area contributed by atoms with Crippen LogP contribution in [0.1, 0.15) is 0 Å². The van der Waals surface area contributed by atoms with Gasteiger partial charge in [-0.1, -0.05) is 23.2 Å². The number of hydrogen-bond acceptors (Lipinski definition) is 2. The van der Waals surface area contributed by atoms with E-state index in [4.69, 9.17) is 27.8 Å². The Bertz CT molecular complexity index is 404. The van der Waals surface area contributed by atoms with Crippen molar-refractivity contribution in [3.05, 3.63) is 28.2 Å². The summed E-state index contributed by atoms with van der Waals surface area (Å²) in [6.45, 7) is 0. The highest BCUT2D eigenvalue weighted by molar-refractivity contribution is 7.85. The average Bonchev–Trinajstić information content (AvgIpc) is 1.92. The maximum atomic E-state index is 10.6. The molecule has 0 aliphatic rings. The fourth-order valence-electron chi connectivity index (χ4n) is 0.637. The molecule has 1 aromatic carbocycles. The van der Waals surface area contributed by atoms with Crippen molar-refractivity contribution in [2.75, 3.05) is 0 Å². The molecule has 1 N–H and O–H groups in total. The van der Waals surface area contributed by atoms with Gasteiger partial charge < -0.3 is 0 Å². The molecule has 0 unspecified atom stereocenters. The summed E-state index contributed by atoms with van der Waals surface area (Å²) in [6.07, 6.45) is 0. The summed E-state index contributed by atoms with van der Waals surface area (Å²) < 4.78 is 29.7. The maximum absolute atomic E-state index is 10.6. The lowest BCUT2D eigenvalue weighted by Crippen LogP contribution is -1.97. The minimum Gasteiger partial charge on any atom is -0.282 e. The van der Waals surface area contributed by atoms with Crippen LogP contribution in [0.15, 0.2) is 23.1 Å². The second-order valence-corrected chi connectivity index (χ2v) is 4.29. The van der Waals surface area contributed by atoms with E-state index in [1.807, 2.05) is 0 Å². The van der Waals surface area contributed by atoms with Crippen molar-refractivity contribution in [1.82, 2.24) is 0 Å². The van der Waals surface area contributed by atoms with Gasteiger partial charge in [0.15, 0.2) is 0 Å². The molecule has 0 amide bonds. The first-order valence-corrected chi connectivity index (χ1v) is 5.03. The molecule has 0 fully saturated rings. The Morgan fingerprint density at radius 1 is 1.07 bits per heavy atom. The summed E-state index contributed by atoms with van der Waals surface area (Å²) in [7, 11) is -4.19. The lowest BCUT2D eigenvalue weighted by molar-refractivity contribution is 0.483. The lowest BCUT2D eigenvalue weighted by Gasteiger charge is -1.98. The zero-order valence-electron chi connectivity index (χ0n) is 6.48. The molecular weight excluding hydrogens is 294 g/mol. The van der Waals surface area contributed by atoms with Crippen LogP contribution in [0.5, 0.6) is 0 Å². The molecule has 8 heteroatoms. The SMILES string of the molecule is Cl.Cl.O=S(=O)(O)c1ccc(Cl)c(Cl)c1. The van der Waals surface area contributed by atoms with Gasteiger partial charge in [0, 0.05) is 0 Å². The van der Waals surface area contributed by atoms with Gasteiger partial charge in [0.1, 0.15) is 0 Å². The van der Waals surface area contributed by atoms with Crippen molar-refractivity contribution in [2.45, 2.75) is 4.90 Å². The number of halogens is 4. The van der Waals surface area contributed by atoms with E-state index in [9.17, 15) is 8.42 Å². The van der Waals surface area contributed by atoms with Gasteiger partial charge in [-0.25, -0.2) is 0 Å². The molecule has 0 saturated heterocycles. The summed E-state index contributed by atoms with van der Waals surface area (Å²) >= 11 is 11.0. The first kappa shape index (κ1) is 16.7. The molecule has 82 valence electrons. The third-order valence-corrected chi connectivity index (χ3v) is 2.78. The number of rotatable bonds is 1. The van der Waals surface area contributed by atoms with Crippen molar-refractivity contribution in [1.29, 1.82) is 0 Å². The third-order valence-electron chi connectivity index (χ3n) is 1.19. The zero-order chi connectivity index (χ0) is 9.35. The molecule has 14 heavy (non-hydrogen) atoms. The van der Waals surface area contributed by atoms with Crippen LogP contribution in [-0.4, -0.2) is 13.0 Å². The molecule has 3 nitrogen and oxygen atoms in total. The van der Waals surface area contributed by atoms with Gasteiger partial charge in [-0.15, -0.1) is 24.8 Å². The minimum atomic E-state index is -4.19. The average molecular weight is 300 g/mol. The molecule has 0 aliphatic heterocycles. The van der Waals surface area contributed by atoms with E-state index in [1.54, 1.807) is 0 Å². The van der Waals surface area contributed by atoms with E-state index in [0.717, 1.165) is 6.07 Å². The van der Waals surface area contributed by atoms with E-state index in [1.165, 1.54) is 12.1 Å². The Hall–Kier alpha value is 0.290. The molecule has 1 aromatic rings. The van der Waals surface area contributed by atoms with Crippen molar-refractivity contribution in [3.63, 3.8) is 0 Å². The lowest BCUT2D eigenvalue weighted by atomic mass is 10.4. The Kier molecular flexibility index (Phi) is 7.16. The minimum absolute atomic E-state index is 0. The quantitative estimate of drug-likeness (QED) is 0.811. The fourth-order valence-corrected chi connectivity index (χ4v) is 1.51. The highest BCUT2D eigenvalue weighted by Crippen LogP contribution is 2.24. The topological polar surface area (TPSA) is 54.4 Å². The van der Waals surface area contributed by atoms with Crippen molar-refractivity contribution in [2.24, 2.45) is 0 Å². The van der Waals surface area contributed by atoms with Gasteiger partial charge in [-0.3, -0.25) is 4.55 Å². The molecule has 1 rings (SSSR count). The van der Waals surface area contributed by atoms with Gasteiger partial charge in [0.05, 0.1) is 14.9 Å². The van der Waals surface area contributed by atoms with E-state index in [-0.39, 0.29) is 39.8 Å². The normalized spacial score (nSPS) is 9.93. The van der Waals surface area contributed by atoms with E-state index in [2.05, 4.69) is 0 Å². The third kappa shape index (κ3) is 4.21. The van der Waals surface area contributed by atoms with Gasteiger partial charge in [-0.05, 0) is 18.2 Å². The van der Waals surface area contributed by atoms with Gasteiger partial charge in [-0.2, -0.15) is 8.42 Å². The van der Waals surface area contributed by atoms with Crippen molar-refractivity contribution >= 4 is 58.1 Å². The predicted molar refractivity (Wildman–Crippen MR) is 60.8 cm³/mol. The summed E-state index contributed by atoms with van der Waals surface area (Å²) in [5.41, 5.74) is 0. The highest BCUT2D eigenvalue weighted by Gasteiger charge is 2.10. The molecule has 0 bridgehead atoms. The standard InChI is InChI=1S/C6H4Cl2O3S.2ClH/c7-5-2-1-4(3-6(5)8)12(9,10)11;;/h1-3H,(H,9,10,11);2*1H. The largest absolute Gasteiger partial charge is 0.294 e. The molecule has 0 radical (unpaired) electrons. The summed E-state index contributed by atoms with van der Waals surface area (Å²) in [5.74, 6) is 0. The monoisotopic (exact) mass is 298 g/mol.